The first-order valence-electron chi connectivity index (χ1n) is 25.3. The van der Waals surface area contributed by atoms with Crippen LogP contribution in [0, 0.1) is 0 Å². The molecule has 0 saturated heterocycles. The van der Waals surface area contributed by atoms with Crippen LogP contribution < -0.4 is 65.9 Å². The van der Waals surface area contributed by atoms with Crippen molar-refractivity contribution in [3.05, 3.63) is 71.8 Å². The van der Waals surface area contributed by atoms with Crippen LogP contribution in [0.15, 0.2) is 70.6 Å². The van der Waals surface area contributed by atoms with Gasteiger partial charge >= 0.3 is 17.9 Å². The number of aliphatic imine (C=N–C) groups is 2. The predicted octanol–water partition coefficient (Wildman–Crippen LogP) is -2.58. The van der Waals surface area contributed by atoms with Crippen LogP contribution >= 0.6 is 0 Å². The van der Waals surface area contributed by atoms with Gasteiger partial charge in [-0.05, 0) is 43.2 Å². The molecule has 0 aliphatic rings. The molecule has 0 aromatic heterocycles. The molecule has 0 aliphatic carbocycles. The predicted molar refractivity (Wildman–Crippen MR) is 283 cm³/mol. The van der Waals surface area contributed by atoms with Crippen LogP contribution in [0.1, 0.15) is 95.1 Å². The Hall–Kier alpha value is -8.36. The maximum Gasteiger partial charge on any atom is 0.328 e. The molecule has 6 atom stereocenters. The second-order valence-corrected chi connectivity index (χ2v) is 17.9. The number of amides is 7. The lowest BCUT2D eigenvalue weighted by molar-refractivity contribution is -0.148. The summed E-state index contributed by atoms with van der Waals surface area (Å²) in [4.78, 5) is 139. The Balaban J connectivity index is 2.27. The minimum absolute atomic E-state index is 0.0140. The Kier molecular flexibility index (Phi) is 30.7. The SMILES string of the molecule is CCCCCCCCOC(=O)[C@H](Cc1ccccc1)NC(=O)[C@H](CC(=O)O)NC(=O)CNC(=O)[C@H](CCCN=C(N)N)NC(=O)[C@H](Cc1ccccc1)NC(=O)[C@H](CC(=O)O)NC(=O)CNC(=O)[C@@H](N)CCCN=C(N)N. The first-order valence-corrected chi connectivity index (χ1v) is 25.3. The van der Waals surface area contributed by atoms with Crippen molar-refractivity contribution in [1.82, 2.24) is 37.2 Å². The first kappa shape index (κ1) is 64.8. The zero-order chi connectivity index (χ0) is 57.1. The van der Waals surface area contributed by atoms with E-state index in [0.717, 1.165) is 32.1 Å². The molecule has 19 N–H and O–H groups in total. The fourth-order valence-corrected chi connectivity index (χ4v) is 7.35. The van der Waals surface area contributed by atoms with Crippen molar-refractivity contribution < 1.29 is 62.9 Å². The number of ether oxygens (including phenoxy) is 1. The van der Waals surface area contributed by atoms with Crippen LogP contribution in [0.4, 0.5) is 0 Å². The molecule has 0 fully saturated rings. The molecule has 2 aromatic rings. The lowest BCUT2D eigenvalue weighted by Crippen LogP contribution is -2.58. The van der Waals surface area contributed by atoms with Crippen molar-refractivity contribution in [2.45, 2.75) is 133 Å². The molecule has 0 spiro atoms. The van der Waals surface area contributed by atoms with Crippen LogP contribution in [0.5, 0.6) is 0 Å². The number of carbonyl (C=O) groups excluding carboxylic acids is 8. The summed E-state index contributed by atoms with van der Waals surface area (Å²) in [5, 5.41) is 36.0. The molecule has 0 bridgehead atoms. The number of aliphatic carboxylic acids is 2. The number of hydrogen-bond donors (Lipinski definition) is 14. The molecule has 2 aromatic carbocycles. The fourth-order valence-electron chi connectivity index (χ4n) is 7.35. The van der Waals surface area contributed by atoms with E-state index in [-0.39, 0.29) is 63.7 Å². The summed E-state index contributed by atoms with van der Waals surface area (Å²) in [6, 6.07) is 8.09. The van der Waals surface area contributed by atoms with Gasteiger partial charge in [-0.1, -0.05) is 99.7 Å². The van der Waals surface area contributed by atoms with Crippen LogP contribution in [0.3, 0.4) is 0 Å². The Bertz CT molecular complexity index is 2300. The zero-order valence-corrected chi connectivity index (χ0v) is 43.3. The third-order valence-corrected chi connectivity index (χ3v) is 11.3. The van der Waals surface area contributed by atoms with E-state index in [2.05, 4.69) is 54.1 Å². The van der Waals surface area contributed by atoms with Gasteiger partial charge in [-0.3, -0.25) is 53.1 Å². The van der Waals surface area contributed by atoms with Gasteiger partial charge in [0.25, 0.3) is 0 Å². The molecule has 27 heteroatoms. The Morgan fingerprint density at radius 2 is 0.935 bits per heavy atom. The van der Waals surface area contributed by atoms with Crippen LogP contribution in [0.2, 0.25) is 0 Å². The zero-order valence-electron chi connectivity index (χ0n) is 43.3. The molecule has 77 heavy (non-hydrogen) atoms. The van der Waals surface area contributed by atoms with Gasteiger partial charge in [-0.2, -0.15) is 0 Å². The maximum absolute atomic E-state index is 14.1. The Morgan fingerprint density at radius 3 is 1.43 bits per heavy atom. The van der Waals surface area contributed by atoms with Crippen molar-refractivity contribution in [2.75, 3.05) is 32.8 Å². The van der Waals surface area contributed by atoms with E-state index in [4.69, 9.17) is 33.4 Å². The summed E-state index contributed by atoms with van der Waals surface area (Å²) in [7, 11) is 0. The molecule has 0 heterocycles. The van der Waals surface area contributed by atoms with E-state index in [0.29, 0.717) is 24.0 Å². The van der Waals surface area contributed by atoms with Crippen molar-refractivity contribution in [2.24, 2.45) is 38.7 Å². The lowest BCUT2D eigenvalue weighted by Gasteiger charge is -2.25. The molecule has 2 rings (SSSR count). The number of rotatable bonds is 38. The van der Waals surface area contributed by atoms with Gasteiger partial charge in [0.2, 0.25) is 41.4 Å². The number of unbranched alkanes of at least 4 members (excludes halogenated alkanes) is 5. The fraction of sp³-hybridized carbons (Fsp3) is 0.520. The molecule has 0 saturated carbocycles. The normalized spacial score (nSPS) is 13.0. The summed E-state index contributed by atoms with van der Waals surface area (Å²) in [5.74, 6) is -11.0. The van der Waals surface area contributed by atoms with Gasteiger partial charge in [0.05, 0.1) is 38.6 Å². The van der Waals surface area contributed by atoms with Gasteiger partial charge in [0, 0.05) is 25.9 Å². The van der Waals surface area contributed by atoms with Crippen LogP contribution in [-0.4, -0.2) is 150 Å². The highest BCUT2D eigenvalue weighted by molar-refractivity contribution is 5.98. The Labute approximate surface area is 446 Å². The van der Waals surface area contributed by atoms with E-state index >= 15 is 0 Å². The molecule has 424 valence electrons. The summed E-state index contributed by atoms with van der Waals surface area (Å²) in [6.07, 6.45) is 3.91. The molecule has 7 amide bonds. The number of esters is 1. The highest BCUT2D eigenvalue weighted by Crippen LogP contribution is 2.11. The van der Waals surface area contributed by atoms with Crippen molar-refractivity contribution in [3.8, 4) is 0 Å². The van der Waals surface area contributed by atoms with Crippen molar-refractivity contribution in [3.63, 3.8) is 0 Å². The number of carboxylic acid groups (broad SMARTS) is 2. The number of hydrogen-bond acceptors (Lipinski definition) is 14. The minimum Gasteiger partial charge on any atom is -0.481 e. The summed E-state index contributed by atoms with van der Waals surface area (Å²) >= 11 is 0. The monoisotopic (exact) mass is 1080 g/mol. The maximum atomic E-state index is 14.1. The van der Waals surface area contributed by atoms with Crippen LogP contribution in [0.25, 0.3) is 0 Å². The van der Waals surface area contributed by atoms with Crippen LogP contribution in [-0.2, 0) is 65.5 Å². The van der Waals surface area contributed by atoms with E-state index in [1.54, 1.807) is 60.7 Å². The van der Waals surface area contributed by atoms with Gasteiger partial charge < -0.3 is 80.8 Å². The number of carboxylic acids is 2. The van der Waals surface area contributed by atoms with E-state index < -0.39 is 121 Å². The third kappa shape index (κ3) is 28.8. The standard InChI is InChI=1S/C50H76N14O13/c1-2-3-4-5-6-13-24-77-48(76)38(26-32-18-11-8-12-19-32)64-47(75)37(28-42(69)70)61-40(66)30-59-44(72)34(21-15-23-57-50(54)55)62-45(73)35(25-31-16-9-7-10-17-31)63-46(74)36(27-41(67)68)60-39(65)29-58-43(71)33(51)20-14-22-56-49(52)53/h7-12,16-19,33-38H,2-6,13-15,20-30,51H2,1H3,(H,58,71)(H,59,72)(H,60,65)(H,61,66)(H,62,73)(H,63,74)(H,64,75)(H,67,68)(H,69,70)(H4,52,53,56)(H4,54,55,57)/t33-,34-,35-,36-,37-,38-/m0/s1. The Morgan fingerprint density at radius 1 is 0.506 bits per heavy atom. The van der Waals surface area contributed by atoms with Gasteiger partial charge in [-0.15, -0.1) is 0 Å². The highest BCUT2D eigenvalue weighted by atomic mass is 16.5. The summed E-state index contributed by atoms with van der Waals surface area (Å²) in [5.41, 5.74) is 28.5. The second-order valence-electron chi connectivity index (χ2n) is 17.9. The molecule has 27 nitrogen and oxygen atoms in total. The minimum atomic E-state index is -1.78. The first-order chi connectivity index (χ1) is 36.7. The van der Waals surface area contributed by atoms with Gasteiger partial charge in [0.15, 0.2) is 11.9 Å². The van der Waals surface area contributed by atoms with Crippen molar-refractivity contribution >= 4 is 71.2 Å². The summed E-state index contributed by atoms with van der Waals surface area (Å²) in [6.45, 7) is 0.830. The quantitative estimate of drug-likeness (QED) is 0.0142. The number of guanidine groups is 2. The second kappa shape index (κ2) is 36.6. The average Bonchev–Trinajstić information content (AvgIpc) is 3.38. The lowest BCUT2D eigenvalue weighted by atomic mass is 10.0. The van der Waals surface area contributed by atoms with Crippen molar-refractivity contribution in [1.29, 1.82) is 0 Å². The largest absolute Gasteiger partial charge is 0.481 e. The number of nitrogens with zero attached hydrogens (tertiary/aromatic N) is 2. The smallest absolute Gasteiger partial charge is 0.328 e. The van der Waals surface area contributed by atoms with E-state index in [9.17, 15) is 58.2 Å². The van der Waals surface area contributed by atoms with E-state index in [1.165, 1.54) is 0 Å². The molecular weight excluding hydrogens is 1000 g/mol. The van der Waals surface area contributed by atoms with Gasteiger partial charge in [0.1, 0.15) is 30.2 Å². The molecular formula is C50H76N14O13. The highest BCUT2D eigenvalue weighted by Gasteiger charge is 2.33. The number of nitrogens with two attached hydrogens (primary N) is 5. The number of nitrogens with one attached hydrogen (secondary N) is 7. The molecule has 0 radical (unpaired) electrons. The number of benzene rings is 2. The number of carbonyl (C=O) groups is 10. The van der Waals surface area contributed by atoms with Gasteiger partial charge in [-0.25, -0.2) is 4.79 Å². The van der Waals surface area contributed by atoms with E-state index in [1.807, 2.05) is 0 Å². The summed E-state index contributed by atoms with van der Waals surface area (Å²) < 4.78 is 5.49. The topological polar surface area (TPSA) is 459 Å². The third-order valence-electron chi connectivity index (χ3n) is 11.3. The molecule has 0 aliphatic heterocycles. The average molecular weight is 1080 g/mol. The molecule has 0 unspecified atom stereocenters.